The minimum atomic E-state index is -0.502. The van der Waals surface area contributed by atoms with Crippen LogP contribution in [0, 0.1) is 0 Å². The van der Waals surface area contributed by atoms with Gasteiger partial charge < -0.3 is 0 Å². The molecular weight excluding hydrogens is 152 g/mol. The molecule has 0 unspecified atom stereocenters. The van der Waals surface area contributed by atoms with Crippen LogP contribution in [0.2, 0.25) is 0 Å². The van der Waals surface area contributed by atoms with Crippen molar-refractivity contribution in [2.24, 2.45) is 0 Å². The quantitative estimate of drug-likeness (QED) is 0.571. The van der Waals surface area contributed by atoms with Crippen molar-refractivity contribution in [3.05, 3.63) is 23.6 Å². The summed E-state index contributed by atoms with van der Waals surface area (Å²) in [6.45, 7) is 6.62. The molecule has 0 aromatic carbocycles. The molecule has 0 rings (SSSR count). The fourth-order valence-corrected chi connectivity index (χ4v) is 1.33. The van der Waals surface area contributed by atoms with E-state index in [0.29, 0.717) is 0 Å². The largest absolute Gasteiger partial charge is 0.225 e. The second-order valence-corrected chi connectivity index (χ2v) is 7.58. The number of hydrogen-bond donors (Lipinski definition) is 0. The molecule has 66 valence electrons. The zero-order chi connectivity index (χ0) is 8.91. The molecule has 0 nitrogen and oxygen atoms in total. The van der Waals surface area contributed by atoms with Crippen LogP contribution in [0.3, 0.4) is 0 Å². The average Bonchev–Trinajstić information content (AvgIpc) is 1.88. The molecule has 1 heteroatoms. The SMILES string of the molecule is CC=CC=CS(C)(C)C(C)C. The highest BCUT2D eigenvalue weighted by Gasteiger charge is 2.10. The molecule has 0 aromatic rings. The van der Waals surface area contributed by atoms with Crippen LogP contribution in [0.4, 0.5) is 0 Å². The zero-order valence-electron chi connectivity index (χ0n) is 8.29. The highest BCUT2D eigenvalue weighted by molar-refractivity contribution is 8.35. The Kier molecular flexibility index (Phi) is 4.58. The van der Waals surface area contributed by atoms with E-state index in [1.165, 1.54) is 0 Å². The lowest BCUT2D eigenvalue weighted by atomic mass is 10.5. The van der Waals surface area contributed by atoms with E-state index in [1.807, 2.05) is 6.92 Å². The summed E-state index contributed by atoms with van der Waals surface area (Å²) in [5.41, 5.74) is 0. The summed E-state index contributed by atoms with van der Waals surface area (Å²) in [4.78, 5) is 0. The smallest absolute Gasteiger partial charge is 0.0140 e. The van der Waals surface area contributed by atoms with Crippen molar-refractivity contribution in [3.8, 4) is 0 Å². The van der Waals surface area contributed by atoms with Crippen molar-refractivity contribution >= 4 is 10.0 Å². The maximum Gasteiger partial charge on any atom is -0.0140 e. The van der Waals surface area contributed by atoms with Gasteiger partial charge in [0.2, 0.25) is 0 Å². The lowest BCUT2D eigenvalue weighted by Crippen LogP contribution is -2.04. The summed E-state index contributed by atoms with van der Waals surface area (Å²) in [7, 11) is -0.502. The Morgan fingerprint density at radius 3 is 2.00 bits per heavy atom. The van der Waals surface area contributed by atoms with E-state index in [0.717, 1.165) is 5.25 Å². The van der Waals surface area contributed by atoms with Gasteiger partial charge in [-0.2, -0.15) is 0 Å². The maximum absolute atomic E-state index is 2.34. The van der Waals surface area contributed by atoms with Crippen LogP contribution >= 0.6 is 10.0 Å². The molecule has 0 aliphatic rings. The summed E-state index contributed by atoms with van der Waals surface area (Å²) in [5, 5.41) is 3.13. The Labute approximate surface area is 72.7 Å². The molecular formula is C10H20S. The molecule has 11 heavy (non-hydrogen) atoms. The van der Waals surface area contributed by atoms with E-state index in [4.69, 9.17) is 0 Å². The van der Waals surface area contributed by atoms with E-state index in [1.54, 1.807) is 0 Å². The van der Waals surface area contributed by atoms with Crippen LogP contribution in [0.25, 0.3) is 0 Å². The van der Waals surface area contributed by atoms with E-state index >= 15 is 0 Å². The molecule has 0 saturated carbocycles. The molecule has 0 aliphatic heterocycles. The van der Waals surface area contributed by atoms with Gasteiger partial charge in [0.1, 0.15) is 0 Å². The predicted molar refractivity (Wildman–Crippen MR) is 58.5 cm³/mol. The third kappa shape index (κ3) is 4.31. The van der Waals surface area contributed by atoms with Gasteiger partial charge in [0.25, 0.3) is 0 Å². The molecule has 0 spiro atoms. The van der Waals surface area contributed by atoms with Crippen molar-refractivity contribution < 1.29 is 0 Å². The molecule has 0 aromatic heterocycles. The molecule has 0 bridgehead atoms. The molecule has 0 atom stereocenters. The fourth-order valence-electron chi connectivity index (χ4n) is 0.516. The van der Waals surface area contributed by atoms with Crippen molar-refractivity contribution in [1.29, 1.82) is 0 Å². The molecule has 0 N–H and O–H groups in total. The van der Waals surface area contributed by atoms with E-state index in [2.05, 4.69) is 50.0 Å². The topological polar surface area (TPSA) is 0 Å². The van der Waals surface area contributed by atoms with Gasteiger partial charge in [0.15, 0.2) is 0 Å². The molecule has 0 heterocycles. The summed E-state index contributed by atoms with van der Waals surface area (Å²) >= 11 is 0. The van der Waals surface area contributed by atoms with Crippen LogP contribution < -0.4 is 0 Å². The van der Waals surface area contributed by atoms with Gasteiger partial charge in [0.05, 0.1) is 0 Å². The van der Waals surface area contributed by atoms with Crippen LogP contribution in [0.1, 0.15) is 20.8 Å². The van der Waals surface area contributed by atoms with Crippen molar-refractivity contribution in [3.63, 3.8) is 0 Å². The zero-order valence-corrected chi connectivity index (χ0v) is 9.11. The second kappa shape index (κ2) is 4.66. The molecule has 0 amide bonds. The second-order valence-electron chi connectivity index (χ2n) is 3.39. The molecule has 0 radical (unpaired) electrons. The van der Waals surface area contributed by atoms with Gasteiger partial charge in [-0.05, 0) is 30.1 Å². The fraction of sp³-hybridized carbons (Fsp3) is 0.600. The van der Waals surface area contributed by atoms with Crippen molar-refractivity contribution in [2.45, 2.75) is 26.0 Å². The highest BCUT2D eigenvalue weighted by Crippen LogP contribution is 2.46. The van der Waals surface area contributed by atoms with Gasteiger partial charge in [0, 0.05) is 0 Å². The summed E-state index contributed by atoms with van der Waals surface area (Å²) < 4.78 is 0. The normalized spacial score (nSPS) is 15.5. The van der Waals surface area contributed by atoms with Crippen molar-refractivity contribution in [1.82, 2.24) is 0 Å². The Bertz CT molecular complexity index is 152. The van der Waals surface area contributed by atoms with Gasteiger partial charge in [-0.1, -0.05) is 32.1 Å². The van der Waals surface area contributed by atoms with Crippen molar-refractivity contribution in [2.75, 3.05) is 12.5 Å². The third-order valence-corrected chi connectivity index (χ3v) is 5.24. The first-order valence-electron chi connectivity index (χ1n) is 4.02. The number of allylic oxidation sites excluding steroid dienone is 3. The highest BCUT2D eigenvalue weighted by atomic mass is 32.3. The summed E-state index contributed by atoms with van der Waals surface area (Å²) in [6, 6.07) is 0. The first-order chi connectivity index (χ1) is 5.00. The van der Waals surface area contributed by atoms with Crippen LogP contribution in [-0.2, 0) is 0 Å². The van der Waals surface area contributed by atoms with Gasteiger partial charge in [-0.15, -0.1) is 0 Å². The first-order valence-corrected chi connectivity index (χ1v) is 6.60. The summed E-state index contributed by atoms with van der Waals surface area (Å²) in [6.07, 6.45) is 11.0. The number of hydrogen-bond acceptors (Lipinski definition) is 0. The van der Waals surface area contributed by atoms with Crippen LogP contribution in [-0.4, -0.2) is 17.8 Å². The average molecular weight is 172 g/mol. The van der Waals surface area contributed by atoms with Gasteiger partial charge in [-0.25, -0.2) is 10.0 Å². The Balaban J connectivity index is 4.11. The van der Waals surface area contributed by atoms with E-state index < -0.39 is 10.0 Å². The molecule has 0 aliphatic carbocycles. The molecule has 0 fully saturated rings. The maximum atomic E-state index is 2.34. The minimum Gasteiger partial charge on any atom is -0.225 e. The lowest BCUT2D eigenvalue weighted by Gasteiger charge is -2.31. The van der Waals surface area contributed by atoms with Gasteiger partial charge >= 0.3 is 0 Å². The van der Waals surface area contributed by atoms with Gasteiger partial charge in [-0.3, -0.25) is 0 Å². The Hall–Kier alpha value is -0.170. The van der Waals surface area contributed by atoms with E-state index in [-0.39, 0.29) is 0 Å². The lowest BCUT2D eigenvalue weighted by molar-refractivity contribution is 1.10. The number of rotatable bonds is 3. The standard InChI is InChI=1S/C10H20S/c1-6-7-8-9-11(4,5)10(2)3/h6-10H,1-5H3. The minimum absolute atomic E-state index is 0.502. The monoisotopic (exact) mass is 172 g/mol. The summed E-state index contributed by atoms with van der Waals surface area (Å²) in [5.74, 6) is 0. The first kappa shape index (κ1) is 10.8. The van der Waals surface area contributed by atoms with Crippen LogP contribution in [0.5, 0.6) is 0 Å². The Morgan fingerprint density at radius 2 is 1.64 bits per heavy atom. The Morgan fingerprint density at radius 1 is 1.09 bits per heavy atom. The van der Waals surface area contributed by atoms with E-state index in [9.17, 15) is 0 Å². The third-order valence-electron chi connectivity index (χ3n) is 1.95. The predicted octanol–water partition coefficient (Wildman–Crippen LogP) is 3.55. The molecule has 0 saturated heterocycles. The van der Waals surface area contributed by atoms with Crippen LogP contribution in [0.15, 0.2) is 23.6 Å².